The molecule has 12 atom stereocenters. The maximum atomic E-state index is 14.0. The highest BCUT2D eigenvalue weighted by Crippen LogP contribution is 2.50. The largest absolute Gasteiger partial charge is 0.497 e. The summed E-state index contributed by atoms with van der Waals surface area (Å²) in [5, 5.41) is 27.0. The molecule has 0 aromatic heterocycles. The first-order valence-electron chi connectivity index (χ1n) is 42.2. The highest BCUT2D eigenvalue weighted by atomic mass is 16.7. The molecule has 4 aromatic carbocycles. The van der Waals surface area contributed by atoms with E-state index in [1.54, 1.807) is 14.2 Å². The second-order valence-electron chi connectivity index (χ2n) is 31.2. The van der Waals surface area contributed by atoms with Crippen LogP contribution in [0.15, 0.2) is 97.1 Å². The predicted octanol–water partition coefficient (Wildman–Crippen LogP) is 4.61. The van der Waals surface area contributed by atoms with Crippen molar-refractivity contribution in [3.63, 3.8) is 0 Å². The van der Waals surface area contributed by atoms with Gasteiger partial charge in [-0.2, -0.15) is 0 Å². The molecule has 4 unspecified atom stereocenters. The number of hydrogen-bond donors (Lipinski definition) is 7. The van der Waals surface area contributed by atoms with Gasteiger partial charge in [0.25, 0.3) is 11.8 Å². The summed E-state index contributed by atoms with van der Waals surface area (Å²) in [5.74, 6) is -6.49. The van der Waals surface area contributed by atoms with Crippen LogP contribution in [0.2, 0.25) is 0 Å². The summed E-state index contributed by atoms with van der Waals surface area (Å²) in [6, 6.07) is 27.2. The number of carbonyl (C=O) groups excluding carboxylic acids is 13. The van der Waals surface area contributed by atoms with Crippen LogP contribution in [-0.4, -0.2) is 288 Å². The number of likely N-dealkylation sites (tertiary alicyclic amines) is 1. The monoisotopic (exact) mass is 1790 g/mol. The van der Waals surface area contributed by atoms with Crippen molar-refractivity contribution >= 4 is 82.9 Å². The number of hydrogen-bond acceptors (Lipinski definition) is 31. The summed E-state index contributed by atoms with van der Waals surface area (Å²) in [6.45, 7) is 12.5. The lowest BCUT2D eigenvalue weighted by Gasteiger charge is -2.44. The number of unbranched alkanes of at least 4 members (excludes halogenated alkanes) is 5. The molecule has 0 bridgehead atoms. The lowest BCUT2D eigenvalue weighted by Crippen LogP contribution is -2.66. The maximum Gasteiger partial charge on any atom is 0.303 e. The molecule has 0 saturated carbocycles. The minimum absolute atomic E-state index is 0.00495. The van der Waals surface area contributed by atoms with Gasteiger partial charge in [0, 0.05) is 122 Å². The van der Waals surface area contributed by atoms with Gasteiger partial charge in [-0.15, -0.1) is 0 Å². The molecule has 3 heterocycles. The first-order valence-corrected chi connectivity index (χ1v) is 42.2. The van der Waals surface area contributed by atoms with Gasteiger partial charge in [-0.25, -0.2) is 0 Å². The number of benzene rings is 4. The highest BCUT2D eigenvalue weighted by Gasteiger charge is 2.56. The average molecular weight is 1790 g/mol. The number of nitrogens with zero attached hydrogens (tertiary/aromatic N) is 1. The average Bonchev–Trinajstić information content (AvgIpc) is 1.70. The molecule has 7 rings (SSSR count). The molecular formula is C89H123N7O31. The quantitative estimate of drug-likeness (QED) is 0.0137. The molecule has 7 N–H and O–H groups in total. The van der Waals surface area contributed by atoms with E-state index in [2.05, 4.69) is 38.8 Å². The fourth-order valence-electron chi connectivity index (χ4n) is 14.8. The number of aliphatic hydroxyl groups excluding tert-OH is 1. The van der Waals surface area contributed by atoms with Crippen LogP contribution < -0.4 is 41.4 Å². The van der Waals surface area contributed by atoms with Gasteiger partial charge in [0.2, 0.25) is 29.5 Å². The Morgan fingerprint density at radius 2 is 0.858 bits per heavy atom. The third kappa shape index (κ3) is 32.8. The summed E-state index contributed by atoms with van der Waals surface area (Å²) >= 11 is 0. The Bertz CT molecular complexity index is 4070. The van der Waals surface area contributed by atoms with Crippen LogP contribution in [0.1, 0.15) is 158 Å². The molecule has 700 valence electrons. The van der Waals surface area contributed by atoms with E-state index in [0.717, 1.165) is 77.5 Å². The first-order chi connectivity index (χ1) is 60.7. The summed E-state index contributed by atoms with van der Waals surface area (Å²) < 4.78 is 97.1. The molecule has 0 aliphatic carbocycles. The number of methoxy groups -OCH3 is 2. The lowest BCUT2D eigenvalue weighted by molar-refractivity contribution is -0.279. The number of esters is 6. The summed E-state index contributed by atoms with van der Waals surface area (Å²) in [6.07, 6.45) is -5.48. The minimum Gasteiger partial charge on any atom is -0.497 e. The smallest absolute Gasteiger partial charge is 0.303 e. The third-order valence-corrected chi connectivity index (χ3v) is 21.2. The zero-order chi connectivity index (χ0) is 92.6. The zero-order valence-corrected chi connectivity index (χ0v) is 74.2. The van der Waals surface area contributed by atoms with Gasteiger partial charge >= 0.3 is 35.8 Å². The van der Waals surface area contributed by atoms with Crippen LogP contribution in [0.4, 0.5) is 5.69 Å². The summed E-state index contributed by atoms with van der Waals surface area (Å²) in [7, 11) is 3.23. The van der Waals surface area contributed by atoms with Gasteiger partial charge in [0.15, 0.2) is 37.0 Å². The summed E-state index contributed by atoms with van der Waals surface area (Å²) in [5.41, 5.74) is 0.131. The predicted molar refractivity (Wildman–Crippen MR) is 451 cm³/mol. The first kappa shape index (κ1) is 103. The van der Waals surface area contributed by atoms with Crippen molar-refractivity contribution < 1.29 is 148 Å². The van der Waals surface area contributed by atoms with E-state index in [1.807, 2.05) is 90.7 Å². The Labute approximate surface area is 738 Å². The fraction of sp³-hybridized carbons (Fsp3) is 0.584. The lowest BCUT2D eigenvalue weighted by atomic mass is 9.68. The second kappa shape index (κ2) is 52.5. The molecule has 38 heteroatoms. The SMILES string of the molecule is COc1ccc(C(OCC2(C)CN(C(=O)CCCCCCCCC(=O)NCC(=O)Nc3cc(C(=O)NCCOCCOCCOC4O[C@@H](COC(C)=O)[C@@H](OC(C)=O)[C@@H](OC(C)=O)[C@@H]4NC(C)=O)cc(C(=O)NCCOCCOCCOC4O[C@H](COC(C)=O)[C@H](OC(C)=O)[C@H](OC(C)=O)[C@H]4NC(C)=O)c3)CC2(C)CO)(c2ccccc2)c2ccc(OC)cc2)cc1. The van der Waals surface area contributed by atoms with Crippen LogP contribution in [0.5, 0.6) is 11.5 Å². The Hall–Kier alpha value is -10.8. The van der Waals surface area contributed by atoms with E-state index in [4.69, 9.17) is 80.5 Å². The van der Waals surface area contributed by atoms with E-state index in [1.165, 1.54) is 32.0 Å². The molecule has 4 aromatic rings. The van der Waals surface area contributed by atoms with Crippen molar-refractivity contribution in [1.82, 2.24) is 31.5 Å². The van der Waals surface area contributed by atoms with Crippen molar-refractivity contribution in [1.29, 1.82) is 0 Å². The molecule has 0 spiro atoms. The van der Waals surface area contributed by atoms with E-state index in [0.29, 0.717) is 50.3 Å². The number of ether oxygens (including phenoxy) is 17. The maximum absolute atomic E-state index is 14.0. The number of nitrogens with one attached hydrogen (secondary N) is 6. The number of anilines is 1. The fourth-order valence-corrected chi connectivity index (χ4v) is 14.8. The van der Waals surface area contributed by atoms with Crippen LogP contribution in [0.25, 0.3) is 0 Å². The van der Waals surface area contributed by atoms with Crippen LogP contribution >= 0.6 is 0 Å². The summed E-state index contributed by atoms with van der Waals surface area (Å²) in [4.78, 5) is 167. The molecule has 3 aliphatic rings. The van der Waals surface area contributed by atoms with E-state index in [9.17, 15) is 67.4 Å². The van der Waals surface area contributed by atoms with Crippen LogP contribution in [0, 0.1) is 10.8 Å². The van der Waals surface area contributed by atoms with Gasteiger partial charge in [-0.1, -0.05) is 94.1 Å². The molecule has 7 amide bonds. The van der Waals surface area contributed by atoms with Gasteiger partial charge in [0.05, 0.1) is 100 Å². The van der Waals surface area contributed by atoms with Gasteiger partial charge < -0.3 is 122 Å². The highest BCUT2D eigenvalue weighted by molar-refractivity contribution is 6.03. The van der Waals surface area contributed by atoms with Gasteiger partial charge in [-0.3, -0.25) is 62.3 Å². The molecule has 127 heavy (non-hydrogen) atoms. The molecule has 0 radical (unpaired) electrons. The van der Waals surface area contributed by atoms with Gasteiger partial charge in [-0.05, 0) is 72.0 Å². The Balaban J connectivity index is 0.874. The van der Waals surface area contributed by atoms with Crippen molar-refractivity contribution in [2.45, 2.75) is 187 Å². The number of aliphatic hydroxyl groups is 1. The van der Waals surface area contributed by atoms with Crippen molar-refractivity contribution in [3.8, 4) is 11.5 Å². The number of rotatable bonds is 53. The van der Waals surface area contributed by atoms with E-state index < -0.39 is 163 Å². The Kier molecular flexibility index (Phi) is 42.7. The molecule has 3 aliphatic heterocycles. The van der Waals surface area contributed by atoms with Gasteiger partial charge in [0.1, 0.15) is 54.6 Å². The zero-order valence-electron chi connectivity index (χ0n) is 74.2. The Morgan fingerprint density at radius 1 is 0.457 bits per heavy atom. The van der Waals surface area contributed by atoms with Crippen molar-refractivity contribution in [3.05, 3.63) is 125 Å². The molecule has 3 fully saturated rings. The number of amides is 7. The van der Waals surface area contributed by atoms with E-state index in [-0.39, 0.29) is 127 Å². The normalized spacial score (nSPS) is 21.3. The third-order valence-electron chi connectivity index (χ3n) is 21.2. The topological polar surface area (TPSA) is 474 Å². The second-order valence-corrected chi connectivity index (χ2v) is 31.2. The van der Waals surface area contributed by atoms with Crippen molar-refractivity contribution in [2.75, 3.05) is 145 Å². The molecule has 3 saturated heterocycles. The van der Waals surface area contributed by atoms with Crippen LogP contribution in [-0.2, 0) is 129 Å². The minimum atomic E-state index is -1.32. The van der Waals surface area contributed by atoms with Crippen LogP contribution in [0.3, 0.4) is 0 Å². The molecule has 38 nitrogen and oxygen atoms in total. The van der Waals surface area contributed by atoms with Crippen molar-refractivity contribution in [2.24, 2.45) is 10.8 Å². The number of carbonyl (C=O) groups is 13. The van der Waals surface area contributed by atoms with E-state index >= 15 is 0 Å². The Morgan fingerprint density at radius 3 is 1.28 bits per heavy atom. The standard InChI is InChI=1S/C89H123N7O31/c1-56(98)93-77-81(124-62(7)104)79(122-60(5)102)72(50-119-58(3)100)126-85(77)117-44-42-115-40-38-113-36-34-90-83(109)64-46-65(84(110)91-35-37-114-39-41-116-43-45-118-86-78(94-57(2)99)82(125-63(8)105)80(123-61(6)103)73(127-86)51-120-59(4)101)48-69(47-64)95-75(107)49-92-74(106)24-20-15-13-14-16-21-25-76(108)96-52-87(9,54-97)88(10,53-96)55-121-89(66-22-18-17-19-23-66,67-26-30-70(111-11)31-27-67)68-28-32-71(112-12)33-29-68/h17-19,22-23,26-33,46-48,72-73,77-82,85-86,97H,13-16,20-21,24-25,34-45,49-55H2,1-12H3,(H,90,109)(H,91,110)(H,92,106)(H,93,98)(H,94,99)(H,95,107)/t72-,73+,77-,78+,79+,80-,81-,82+,85?,86?,87?,88?. The molecular weight excluding hydrogens is 1660 g/mol.